The summed E-state index contributed by atoms with van der Waals surface area (Å²) < 4.78 is 5.33. The number of anilines is 2. The number of nitrogens with two attached hydrogens (primary N) is 1. The van der Waals surface area contributed by atoms with Crippen molar-refractivity contribution in [2.24, 2.45) is 0 Å². The van der Waals surface area contributed by atoms with Gasteiger partial charge in [0.15, 0.2) is 0 Å². The molecule has 0 heterocycles. The molecule has 1 aromatic carbocycles. The normalized spacial score (nSPS) is 10.6. The third-order valence-corrected chi connectivity index (χ3v) is 3.49. The first kappa shape index (κ1) is 18.1. The summed E-state index contributed by atoms with van der Waals surface area (Å²) >= 11 is 11.8. The van der Waals surface area contributed by atoms with E-state index in [-0.39, 0.29) is 12.5 Å². The SMILES string of the molecule is CCCCCCCOCC(=O)Nc1c(N)cc(Cl)cc1Cl. The maximum Gasteiger partial charge on any atom is 0.250 e. The highest BCUT2D eigenvalue weighted by Crippen LogP contribution is 2.31. The average molecular weight is 333 g/mol. The summed E-state index contributed by atoms with van der Waals surface area (Å²) in [6, 6.07) is 3.07. The second kappa shape index (κ2) is 9.87. The van der Waals surface area contributed by atoms with E-state index in [0.717, 1.165) is 12.8 Å². The summed E-state index contributed by atoms with van der Waals surface area (Å²) in [6.45, 7) is 2.75. The highest BCUT2D eigenvalue weighted by molar-refractivity contribution is 6.37. The number of carbonyl (C=O) groups excluding carboxylic acids is 1. The molecule has 0 fully saturated rings. The lowest BCUT2D eigenvalue weighted by atomic mass is 10.2. The van der Waals surface area contributed by atoms with Gasteiger partial charge in [0, 0.05) is 11.6 Å². The topological polar surface area (TPSA) is 64.3 Å². The van der Waals surface area contributed by atoms with Crippen molar-refractivity contribution in [3.8, 4) is 0 Å². The van der Waals surface area contributed by atoms with Crippen molar-refractivity contribution >= 4 is 40.5 Å². The molecule has 1 aromatic rings. The Kier molecular flexibility index (Phi) is 8.50. The van der Waals surface area contributed by atoms with Crippen LogP contribution < -0.4 is 11.1 Å². The molecule has 0 spiro atoms. The molecule has 1 amide bonds. The van der Waals surface area contributed by atoms with Gasteiger partial charge in [0.1, 0.15) is 6.61 Å². The largest absolute Gasteiger partial charge is 0.397 e. The summed E-state index contributed by atoms with van der Waals surface area (Å²) in [4.78, 5) is 11.8. The average Bonchev–Trinajstić information content (AvgIpc) is 2.42. The number of rotatable bonds is 9. The molecule has 0 saturated carbocycles. The maximum absolute atomic E-state index is 11.8. The van der Waals surface area contributed by atoms with Gasteiger partial charge in [-0.1, -0.05) is 55.8 Å². The Hall–Kier alpha value is -0.970. The molecule has 0 atom stereocenters. The lowest BCUT2D eigenvalue weighted by molar-refractivity contribution is -0.120. The van der Waals surface area contributed by atoms with Crippen LogP contribution in [0.15, 0.2) is 12.1 Å². The van der Waals surface area contributed by atoms with Gasteiger partial charge in [-0.2, -0.15) is 0 Å². The number of hydrogen-bond donors (Lipinski definition) is 2. The van der Waals surface area contributed by atoms with Crippen molar-refractivity contribution in [1.29, 1.82) is 0 Å². The zero-order chi connectivity index (χ0) is 15.7. The minimum Gasteiger partial charge on any atom is -0.397 e. The monoisotopic (exact) mass is 332 g/mol. The van der Waals surface area contributed by atoms with Gasteiger partial charge in [-0.15, -0.1) is 0 Å². The number of nitrogen functional groups attached to an aromatic ring is 1. The first-order valence-electron chi connectivity index (χ1n) is 7.16. The van der Waals surface area contributed by atoms with E-state index in [1.165, 1.54) is 31.4 Å². The summed E-state index contributed by atoms with van der Waals surface area (Å²) in [5, 5.41) is 3.38. The van der Waals surface area contributed by atoms with Crippen molar-refractivity contribution in [1.82, 2.24) is 0 Å². The molecular weight excluding hydrogens is 311 g/mol. The van der Waals surface area contributed by atoms with E-state index in [1.807, 2.05) is 0 Å². The standard InChI is InChI=1S/C15H22Cl2N2O2/c1-2-3-4-5-6-7-21-10-14(20)19-15-12(17)8-11(16)9-13(15)18/h8-9H,2-7,10,18H2,1H3,(H,19,20). The van der Waals surface area contributed by atoms with Crippen LogP contribution in [0.5, 0.6) is 0 Å². The van der Waals surface area contributed by atoms with Gasteiger partial charge >= 0.3 is 0 Å². The fourth-order valence-corrected chi connectivity index (χ4v) is 2.43. The minimum absolute atomic E-state index is 0.00776. The van der Waals surface area contributed by atoms with Crippen molar-refractivity contribution in [2.45, 2.75) is 39.0 Å². The van der Waals surface area contributed by atoms with E-state index >= 15 is 0 Å². The molecule has 0 aliphatic rings. The molecule has 0 saturated heterocycles. The lowest BCUT2D eigenvalue weighted by Crippen LogP contribution is -2.19. The predicted octanol–water partition coefficient (Wildman–Crippen LogP) is 4.50. The third kappa shape index (κ3) is 7.02. The Morgan fingerprint density at radius 1 is 1.24 bits per heavy atom. The Bertz CT molecular complexity index is 444. The second-order valence-electron chi connectivity index (χ2n) is 4.87. The molecule has 0 aliphatic heterocycles. The maximum atomic E-state index is 11.8. The zero-order valence-corrected chi connectivity index (χ0v) is 13.8. The molecule has 3 N–H and O–H groups in total. The highest BCUT2D eigenvalue weighted by Gasteiger charge is 2.10. The second-order valence-corrected chi connectivity index (χ2v) is 5.71. The fourth-order valence-electron chi connectivity index (χ4n) is 1.87. The van der Waals surface area contributed by atoms with Crippen LogP contribution in [-0.2, 0) is 9.53 Å². The van der Waals surface area contributed by atoms with Gasteiger partial charge in [-0.25, -0.2) is 0 Å². The number of benzene rings is 1. The van der Waals surface area contributed by atoms with Gasteiger partial charge in [0.2, 0.25) is 5.91 Å². The Morgan fingerprint density at radius 3 is 2.62 bits per heavy atom. The molecule has 0 radical (unpaired) electrons. The lowest BCUT2D eigenvalue weighted by Gasteiger charge is -2.11. The number of carbonyl (C=O) groups is 1. The Morgan fingerprint density at radius 2 is 1.95 bits per heavy atom. The first-order chi connectivity index (χ1) is 10.0. The van der Waals surface area contributed by atoms with Gasteiger partial charge in [-0.05, 0) is 18.6 Å². The smallest absolute Gasteiger partial charge is 0.250 e. The van der Waals surface area contributed by atoms with Gasteiger partial charge in [0.25, 0.3) is 0 Å². The summed E-state index contributed by atoms with van der Waals surface area (Å²) in [6.07, 6.45) is 5.77. The van der Waals surface area contributed by atoms with E-state index in [2.05, 4.69) is 12.2 Å². The Balaban J connectivity index is 2.28. The van der Waals surface area contributed by atoms with Crippen LogP contribution in [0.3, 0.4) is 0 Å². The molecule has 6 heteroatoms. The molecule has 21 heavy (non-hydrogen) atoms. The molecule has 118 valence electrons. The minimum atomic E-state index is -0.278. The first-order valence-corrected chi connectivity index (χ1v) is 7.92. The van der Waals surface area contributed by atoms with Crippen molar-refractivity contribution < 1.29 is 9.53 Å². The molecule has 1 rings (SSSR count). The van der Waals surface area contributed by atoms with Gasteiger partial charge < -0.3 is 15.8 Å². The Labute approximate surface area is 135 Å². The number of halogens is 2. The number of ether oxygens (including phenoxy) is 1. The van der Waals surface area contributed by atoms with Gasteiger partial charge in [-0.3, -0.25) is 4.79 Å². The van der Waals surface area contributed by atoms with Crippen LogP contribution in [0.2, 0.25) is 10.0 Å². The molecule has 0 aromatic heterocycles. The van der Waals surface area contributed by atoms with Crippen LogP contribution in [-0.4, -0.2) is 19.1 Å². The predicted molar refractivity (Wildman–Crippen MR) is 89.1 cm³/mol. The molecule has 0 bridgehead atoms. The summed E-state index contributed by atoms with van der Waals surface area (Å²) in [5.74, 6) is -0.278. The number of amides is 1. The quantitative estimate of drug-likeness (QED) is 0.516. The molecular formula is C15H22Cl2N2O2. The van der Waals surface area contributed by atoms with Crippen LogP contribution in [0, 0.1) is 0 Å². The van der Waals surface area contributed by atoms with E-state index in [0.29, 0.717) is 28.0 Å². The number of unbranched alkanes of at least 4 members (excludes halogenated alkanes) is 4. The number of hydrogen-bond acceptors (Lipinski definition) is 3. The van der Waals surface area contributed by atoms with E-state index in [4.69, 9.17) is 33.7 Å². The van der Waals surface area contributed by atoms with Crippen LogP contribution in [0.4, 0.5) is 11.4 Å². The van der Waals surface area contributed by atoms with Crippen LogP contribution >= 0.6 is 23.2 Å². The molecule has 4 nitrogen and oxygen atoms in total. The number of nitrogens with one attached hydrogen (secondary N) is 1. The van der Waals surface area contributed by atoms with Crippen LogP contribution in [0.25, 0.3) is 0 Å². The van der Waals surface area contributed by atoms with E-state index in [1.54, 1.807) is 0 Å². The molecule has 0 unspecified atom stereocenters. The van der Waals surface area contributed by atoms with E-state index in [9.17, 15) is 4.79 Å². The molecule has 0 aliphatic carbocycles. The summed E-state index contributed by atoms with van der Waals surface area (Å²) in [5.41, 5.74) is 6.48. The van der Waals surface area contributed by atoms with E-state index < -0.39 is 0 Å². The van der Waals surface area contributed by atoms with Crippen molar-refractivity contribution in [3.05, 3.63) is 22.2 Å². The third-order valence-electron chi connectivity index (χ3n) is 2.98. The highest BCUT2D eigenvalue weighted by atomic mass is 35.5. The zero-order valence-electron chi connectivity index (χ0n) is 12.3. The van der Waals surface area contributed by atoms with Gasteiger partial charge in [0.05, 0.1) is 16.4 Å². The summed E-state index contributed by atoms with van der Waals surface area (Å²) in [7, 11) is 0. The van der Waals surface area contributed by atoms with Crippen molar-refractivity contribution in [3.63, 3.8) is 0 Å². The fraction of sp³-hybridized carbons (Fsp3) is 0.533. The van der Waals surface area contributed by atoms with Crippen LogP contribution in [0.1, 0.15) is 39.0 Å². The van der Waals surface area contributed by atoms with Crippen molar-refractivity contribution in [2.75, 3.05) is 24.3 Å².